The van der Waals surface area contributed by atoms with Gasteiger partial charge in [-0.2, -0.15) is 0 Å². The molecular weight excluding hydrogens is 326 g/mol. The standard InChI is InChI=1S/C21H29N3O2/c1-3-4-10-21-22-14-19(24-21)20-13-17(23-15(2)25)12-18(26-20)11-16-8-6-5-7-9-16/h5-9,14,17-18,20H,3-4,10-13H2,1-2H3,(H,22,24)(H,23,25)/t17-,18+,20+/m1/s1. The molecule has 0 bridgehead atoms. The fraction of sp³-hybridized carbons (Fsp3) is 0.524. The summed E-state index contributed by atoms with van der Waals surface area (Å²) in [6.45, 7) is 3.76. The number of aromatic nitrogens is 2. The van der Waals surface area contributed by atoms with Crippen LogP contribution in [0.15, 0.2) is 36.5 Å². The number of imidazole rings is 1. The highest BCUT2D eigenvalue weighted by Gasteiger charge is 2.32. The van der Waals surface area contributed by atoms with E-state index in [4.69, 9.17) is 4.74 Å². The number of H-pyrrole nitrogens is 1. The molecule has 1 aliphatic heterocycles. The van der Waals surface area contributed by atoms with Crippen molar-refractivity contribution >= 4 is 5.91 Å². The van der Waals surface area contributed by atoms with Gasteiger partial charge in [0.25, 0.3) is 0 Å². The first kappa shape index (κ1) is 18.6. The molecule has 0 unspecified atom stereocenters. The third-order valence-electron chi connectivity index (χ3n) is 4.88. The molecule has 5 nitrogen and oxygen atoms in total. The Kier molecular flexibility index (Phi) is 6.45. The van der Waals surface area contributed by atoms with Gasteiger partial charge in [0.1, 0.15) is 11.9 Å². The number of benzene rings is 1. The molecule has 140 valence electrons. The number of carbonyl (C=O) groups is 1. The number of aromatic amines is 1. The van der Waals surface area contributed by atoms with Crippen molar-refractivity contribution < 1.29 is 9.53 Å². The molecule has 0 spiro atoms. The quantitative estimate of drug-likeness (QED) is 0.795. The molecule has 2 aromatic rings. The summed E-state index contributed by atoms with van der Waals surface area (Å²) in [5.74, 6) is 1.04. The minimum atomic E-state index is -0.0582. The Morgan fingerprint density at radius 3 is 2.85 bits per heavy atom. The maximum absolute atomic E-state index is 11.6. The van der Waals surface area contributed by atoms with Crippen LogP contribution in [0.25, 0.3) is 0 Å². The molecule has 0 aliphatic carbocycles. The smallest absolute Gasteiger partial charge is 0.217 e. The Labute approximate surface area is 155 Å². The lowest BCUT2D eigenvalue weighted by Crippen LogP contribution is -2.42. The topological polar surface area (TPSA) is 67.0 Å². The van der Waals surface area contributed by atoms with Crippen LogP contribution in [0.4, 0.5) is 0 Å². The van der Waals surface area contributed by atoms with Crippen molar-refractivity contribution in [1.82, 2.24) is 15.3 Å². The zero-order chi connectivity index (χ0) is 18.4. The summed E-state index contributed by atoms with van der Waals surface area (Å²) in [6, 6.07) is 10.5. The number of carbonyl (C=O) groups excluding carboxylic acids is 1. The van der Waals surface area contributed by atoms with Crippen molar-refractivity contribution in [3.8, 4) is 0 Å². The van der Waals surface area contributed by atoms with Crippen LogP contribution in [0.2, 0.25) is 0 Å². The summed E-state index contributed by atoms with van der Waals surface area (Å²) in [5.41, 5.74) is 2.28. The predicted molar refractivity (Wildman–Crippen MR) is 102 cm³/mol. The van der Waals surface area contributed by atoms with Gasteiger partial charge >= 0.3 is 0 Å². The number of rotatable bonds is 7. The van der Waals surface area contributed by atoms with Gasteiger partial charge in [-0.3, -0.25) is 4.79 Å². The molecule has 3 rings (SSSR count). The van der Waals surface area contributed by atoms with E-state index in [1.165, 1.54) is 5.56 Å². The van der Waals surface area contributed by atoms with Crippen molar-refractivity contribution in [1.29, 1.82) is 0 Å². The lowest BCUT2D eigenvalue weighted by molar-refractivity contribution is -0.122. The molecule has 1 saturated heterocycles. The highest BCUT2D eigenvalue weighted by Crippen LogP contribution is 2.32. The second kappa shape index (κ2) is 8.99. The fourth-order valence-electron chi connectivity index (χ4n) is 3.64. The van der Waals surface area contributed by atoms with E-state index < -0.39 is 0 Å². The zero-order valence-corrected chi connectivity index (χ0v) is 15.7. The molecule has 1 aromatic carbocycles. The van der Waals surface area contributed by atoms with E-state index >= 15 is 0 Å². The number of aryl methyl sites for hydroxylation is 1. The van der Waals surface area contributed by atoms with Crippen molar-refractivity contribution in [2.24, 2.45) is 0 Å². The fourth-order valence-corrected chi connectivity index (χ4v) is 3.64. The highest BCUT2D eigenvalue weighted by molar-refractivity contribution is 5.73. The van der Waals surface area contributed by atoms with E-state index in [9.17, 15) is 4.79 Å². The highest BCUT2D eigenvalue weighted by atomic mass is 16.5. The Bertz CT molecular complexity index is 698. The van der Waals surface area contributed by atoms with Gasteiger partial charge in [0.2, 0.25) is 5.91 Å². The molecule has 0 radical (unpaired) electrons. The van der Waals surface area contributed by atoms with E-state index in [2.05, 4.69) is 46.5 Å². The molecule has 2 heterocycles. The van der Waals surface area contributed by atoms with Gasteiger partial charge in [-0.25, -0.2) is 4.98 Å². The maximum atomic E-state index is 11.6. The largest absolute Gasteiger partial charge is 0.368 e. The number of hydrogen-bond acceptors (Lipinski definition) is 3. The number of hydrogen-bond donors (Lipinski definition) is 2. The molecular formula is C21H29N3O2. The minimum Gasteiger partial charge on any atom is -0.368 e. The summed E-state index contributed by atoms with van der Waals surface area (Å²) >= 11 is 0. The Balaban J connectivity index is 1.71. The van der Waals surface area contributed by atoms with Crippen molar-refractivity contribution in [2.75, 3.05) is 0 Å². The first-order valence-corrected chi connectivity index (χ1v) is 9.64. The average Bonchev–Trinajstić information content (AvgIpc) is 3.09. The predicted octanol–water partition coefficient (Wildman–Crippen LogP) is 3.72. The summed E-state index contributed by atoms with van der Waals surface area (Å²) in [4.78, 5) is 19.5. The van der Waals surface area contributed by atoms with Crippen LogP contribution in [0.5, 0.6) is 0 Å². The number of amides is 1. The second-order valence-corrected chi connectivity index (χ2v) is 7.19. The van der Waals surface area contributed by atoms with Crippen LogP contribution in [-0.4, -0.2) is 28.0 Å². The molecule has 1 aliphatic rings. The first-order chi connectivity index (χ1) is 12.6. The average molecular weight is 355 g/mol. The number of unbranched alkanes of at least 4 members (excludes halogenated alkanes) is 1. The van der Waals surface area contributed by atoms with E-state index in [1.54, 1.807) is 6.92 Å². The van der Waals surface area contributed by atoms with Crippen molar-refractivity contribution in [3.63, 3.8) is 0 Å². The van der Waals surface area contributed by atoms with Gasteiger partial charge in [-0.1, -0.05) is 43.7 Å². The van der Waals surface area contributed by atoms with Gasteiger partial charge in [0.05, 0.1) is 18.0 Å². The maximum Gasteiger partial charge on any atom is 0.217 e. The van der Waals surface area contributed by atoms with Gasteiger partial charge in [-0.05, 0) is 31.2 Å². The van der Waals surface area contributed by atoms with Crippen LogP contribution in [0.3, 0.4) is 0 Å². The molecule has 1 fully saturated rings. The van der Waals surface area contributed by atoms with E-state index in [1.807, 2.05) is 12.3 Å². The molecule has 0 saturated carbocycles. The van der Waals surface area contributed by atoms with E-state index in [0.29, 0.717) is 0 Å². The normalized spacial score (nSPS) is 22.9. The van der Waals surface area contributed by atoms with Gasteiger partial charge in [0.15, 0.2) is 0 Å². The lowest BCUT2D eigenvalue weighted by Gasteiger charge is -2.35. The summed E-state index contributed by atoms with van der Waals surface area (Å²) in [6.07, 6.45) is 7.62. The van der Waals surface area contributed by atoms with Crippen LogP contribution >= 0.6 is 0 Å². The van der Waals surface area contributed by atoms with Gasteiger partial charge in [-0.15, -0.1) is 0 Å². The molecule has 26 heavy (non-hydrogen) atoms. The summed E-state index contributed by atoms with van der Waals surface area (Å²) in [5, 5.41) is 3.09. The third-order valence-corrected chi connectivity index (χ3v) is 4.88. The summed E-state index contributed by atoms with van der Waals surface area (Å²) < 4.78 is 6.38. The second-order valence-electron chi connectivity index (χ2n) is 7.19. The number of nitrogens with zero attached hydrogens (tertiary/aromatic N) is 1. The lowest BCUT2D eigenvalue weighted by atomic mass is 9.93. The van der Waals surface area contributed by atoms with Crippen LogP contribution in [0, 0.1) is 0 Å². The SMILES string of the molecule is CCCCc1ncc([C@@H]2C[C@H](NC(C)=O)C[C@H](Cc3ccccc3)O2)[nH]1. The molecule has 1 amide bonds. The van der Waals surface area contributed by atoms with Gasteiger partial charge < -0.3 is 15.0 Å². The Morgan fingerprint density at radius 2 is 2.12 bits per heavy atom. The Morgan fingerprint density at radius 1 is 1.31 bits per heavy atom. The zero-order valence-electron chi connectivity index (χ0n) is 15.7. The molecule has 1 aromatic heterocycles. The van der Waals surface area contributed by atoms with Crippen LogP contribution < -0.4 is 5.32 Å². The molecule has 5 heteroatoms. The molecule has 2 N–H and O–H groups in total. The van der Waals surface area contributed by atoms with E-state index in [0.717, 1.165) is 50.0 Å². The minimum absolute atomic E-state index is 0.0161. The number of nitrogens with one attached hydrogen (secondary N) is 2. The number of ether oxygens (including phenoxy) is 1. The molecule has 3 atom stereocenters. The first-order valence-electron chi connectivity index (χ1n) is 9.64. The van der Waals surface area contributed by atoms with E-state index in [-0.39, 0.29) is 24.2 Å². The van der Waals surface area contributed by atoms with Crippen LogP contribution in [0.1, 0.15) is 62.7 Å². The van der Waals surface area contributed by atoms with Crippen molar-refractivity contribution in [2.45, 2.75) is 70.6 Å². The third kappa shape index (κ3) is 5.18. The van der Waals surface area contributed by atoms with Crippen molar-refractivity contribution in [3.05, 3.63) is 53.6 Å². The summed E-state index contributed by atoms with van der Waals surface area (Å²) in [7, 11) is 0. The Hall–Kier alpha value is -2.14. The van der Waals surface area contributed by atoms with Gasteiger partial charge in [0, 0.05) is 19.4 Å². The van der Waals surface area contributed by atoms with Crippen LogP contribution in [-0.2, 0) is 22.4 Å². The monoisotopic (exact) mass is 355 g/mol.